The Hall–Kier alpha value is -0.770. The van der Waals surface area contributed by atoms with Crippen LogP contribution in [-0.4, -0.2) is 30.4 Å². The molecule has 0 radical (unpaired) electrons. The van der Waals surface area contributed by atoms with E-state index in [9.17, 15) is 4.79 Å². The molecule has 104 valence electrons. The zero-order valence-electron chi connectivity index (χ0n) is 11.0. The largest absolute Gasteiger partial charge is 0.340 e. The molecule has 1 aromatic carbocycles. The molecule has 1 aliphatic rings. The third kappa shape index (κ3) is 3.85. The third-order valence-corrected chi connectivity index (χ3v) is 4.13. The Kier molecular flexibility index (Phi) is 5.08. The van der Waals surface area contributed by atoms with Gasteiger partial charge in [0.1, 0.15) is 0 Å². The maximum Gasteiger partial charge on any atom is 0.239 e. The zero-order valence-corrected chi connectivity index (χ0v) is 12.5. The van der Waals surface area contributed by atoms with E-state index >= 15 is 0 Å². The number of rotatable bonds is 3. The predicted octanol–water partition coefficient (Wildman–Crippen LogP) is 3.09. The van der Waals surface area contributed by atoms with Gasteiger partial charge in [0, 0.05) is 13.6 Å². The molecule has 1 heterocycles. The number of carbonyl (C=O) groups excluding carboxylic acids is 1. The minimum absolute atomic E-state index is 0.0403. The number of hydrogen-bond donors (Lipinski definition) is 1. The minimum Gasteiger partial charge on any atom is -0.340 e. The van der Waals surface area contributed by atoms with Crippen LogP contribution in [0.1, 0.15) is 24.8 Å². The first-order valence-corrected chi connectivity index (χ1v) is 7.26. The lowest BCUT2D eigenvalue weighted by molar-refractivity contribution is -0.133. The van der Waals surface area contributed by atoms with Crippen LogP contribution in [0.2, 0.25) is 10.0 Å². The second-order valence-electron chi connectivity index (χ2n) is 4.95. The van der Waals surface area contributed by atoms with Gasteiger partial charge in [-0.2, -0.15) is 0 Å². The smallest absolute Gasteiger partial charge is 0.239 e. The monoisotopic (exact) mass is 300 g/mol. The first kappa shape index (κ1) is 14.6. The van der Waals surface area contributed by atoms with E-state index in [4.69, 9.17) is 23.2 Å². The Labute approximate surface area is 123 Å². The van der Waals surface area contributed by atoms with Crippen molar-refractivity contribution in [3.8, 4) is 0 Å². The third-order valence-electron chi connectivity index (χ3n) is 3.39. The molecule has 2 rings (SSSR count). The number of piperidine rings is 1. The number of benzene rings is 1. The molecule has 0 saturated carbocycles. The molecule has 1 N–H and O–H groups in total. The average molecular weight is 301 g/mol. The molecule has 0 spiro atoms. The number of hydrogen-bond acceptors (Lipinski definition) is 2. The van der Waals surface area contributed by atoms with E-state index in [-0.39, 0.29) is 11.9 Å². The van der Waals surface area contributed by atoms with Gasteiger partial charge in [-0.25, -0.2) is 0 Å². The lowest BCUT2D eigenvalue weighted by Gasteiger charge is -2.27. The maximum atomic E-state index is 12.3. The molecule has 0 bridgehead atoms. The summed E-state index contributed by atoms with van der Waals surface area (Å²) in [6, 6.07) is 5.42. The summed E-state index contributed by atoms with van der Waals surface area (Å²) in [6.45, 7) is 1.48. The average Bonchev–Trinajstić information content (AvgIpc) is 2.43. The van der Waals surface area contributed by atoms with Crippen LogP contribution in [0, 0.1) is 0 Å². The van der Waals surface area contributed by atoms with E-state index < -0.39 is 0 Å². The highest BCUT2D eigenvalue weighted by Crippen LogP contribution is 2.23. The van der Waals surface area contributed by atoms with Crippen LogP contribution in [0.3, 0.4) is 0 Å². The van der Waals surface area contributed by atoms with Crippen molar-refractivity contribution in [3.63, 3.8) is 0 Å². The normalized spacial score (nSPS) is 19.2. The Morgan fingerprint density at radius 3 is 2.79 bits per heavy atom. The van der Waals surface area contributed by atoms with Gasteiger partial charge in [-0.3, -0.25) is 4.79 Å². The lowest BCUT2D eigenvalue weighted by atomic mass is 10.0. The van der Waals surface area contributed by atoms with Crippen LogP contribution in [0.25, 0.3) is 0 Å². The van der Waals surface area contributed by atoms with Crippen molar-refractivity contribution in [1.29, 1.82) is 0 Å². The number of amides is 1. The predicted molar refractivity (Wildman–Crippen MR) is 78.6 cm³/mol. The molecule has 1 aromatic rings. The van der Waals surface area contributed by atoms with Crippen molar-refractivity contribution in [3.05, 3.63) is 33.8 Å². The van der Waals surface area contributed by atoms with E-state index in [1.807, 2.05) is 19.2 Å². The molecule has 1 fully saturated rings. The molecule has 0 unspecified atom stereocenters. The highest BCUT2D eigenvalue weighted by atomic mass is 35.5. The molecule has 1 aliphatic heterocycles. The number of halogens is 2. The fourth-order valence-electron chi connectivity index (χ4n) is 2.32. The summed E-state index contributed by atoms with van der Waals surface area (Å²) in [6.07, 6.45) is 3.19. The summed E-state index contributed by atoms with van der Waals surface area (Å²) < 4.78 is 0. The van der Waals surface area contributed by atoms with Gasteiger partial charge in [0.05, 0.1) is 16.1 Å². The number of nitrogens with one attached hydrogen (secondary N) is 1. The van der Waals surface area contributed by atoms with Crippen molar-refractivity contribution in [2.75, 3.05) is 13.6 Å². The van der Waals surface area contributed by atoms with Crippen LogP contribution >= 0.6 is 23.2 Å². The van der Waals surface area contributed by atoms with Crippen LogP contribution in [-0.2, 0) is 11.3 Å². The van der Waals surface area contributed by atoms with Gasteiger partial charge < -0.3 is 10.2 Å². The number of nitrogens with zero attached hydrogens (tertiary/aromatic N) is 1. The van der Waals surface area contributed by atoms with Gasteiger partial charge in [0.2, 0.25) is 5.91 Å². The van der Waals surface area contributed by atoms with Crippen LogP contribution in [0.5, 0.6) is 0 Å². The summed E-state index contributed by atoms with van der Waals surface area (Å²) >= 11 is 11.9. The molecule has 1 atom stereocenters. The van der Waals surface area contributed by atoms with Crippen molar-refractivity contribution < 1.29 is 4.79 Å². The van der Waals surface area contributed by atoms with Gasteiger partial charge in [-0.1, -0.05) is 35.7 Å². The highest BCUT2D eigenvalue weighted by molar-refractivity contribution is 6.42. The molecular formula is C14H18Cl2N2O. The first-order valence-electron chi connectivity index (χ1n) is 6.50. The van der Waals surface area contributed by atoms with E-state index in [0.29, 0.717) is 16.6 Å². The summed E-state index contributed by atoms with van der Waals surface area (Å²) in [7, 11) is 1.82. The topological polar surface area (TPSA) is 32.3 Å². The fourth-order valence-corrected chi connectivity index (χ4v) is 2.64. The first-order chi connectivity index (χ1) is 9.08. The SMILES string of the molecule is CN(Cc1ccc(Cl)c(Cl)c1)C(=O)[C@@H]1CCCCN1. The zero-order chi connectivity index (χ0) is 13.8. The molecular weight excluding hydrogens is 283 g/mol. The van der Waals surface area contributed by atoms with E-state index in [0.717, 1.165) is 31.4 Å². The second kappa shape index (κ2) is 6.60. The van der Waals surface area contributed by atoms with Gasteiger partial charge >= 0.3 is 0 Å². The van der Waals surface area contributed by atoms with Gasteiger partial charge in [0.15, 0.2) is 0 Å². The van der Waals surface area contributed by atoms with Gasteiger partial charge in [0.25, 0.3) is 0 Å². The van der Waals surface area contributed by atoms with Crippen molar-refractivity contribution in [2.24, 2.45) is 0 Å². The Balaban J connectivity index is 1.97. The van der Waals surface area contributed by atoms with Gasteiger partial charge in [-0.05, 0) is 37.1 Å². The van der Waals surface area contributed by atoms with Crippen LogP contribution < -0.4 is 5.32 Å². The molecule has 0 aliphatic carbocycles. The summed E-state index contributed by atoms with van der Waals surface area (Å²) in [5, 5.41) is 4.33. The Morgan fingerprint density at radius 1 is 1.37 bits per heavy atom. The van der Waals surface area contributed by atoms with Gasteiger partial charge in [-0.15, -0.1) is 0 Å². The lowest BCUT2D eigenvalue weighted by Crippen LogP contribution is -2.46. The van der Waals surface area contributed by atoms with E-state index in [1.165, 1.54) is 0 Å². The van der Waals surface area contributed by atoms with Crippen molar-refractivity contribution in [2.45, 2.75) is 31.8 Å². The minimum atomic E-state index is -0.0403. The second-order valence-corrected chi connectivity index (χ2v) is 5.76. The Morgan fingerprint density at radius 2 is 2.16 bits per heavy atom. The fraction of sp³-hybridized carbons (Fsp3) is 0.500. The number of carbonyl (C=O) groups is 1. The van der Waals surface area contributed by atoms with Crippen molar-refractivity contribution in [1.82, 2.24) is 10.2 Å². The van der Waals surface area contributed by atoms with E-state index in [2.05, 4.69) is 5.32 Å². The molecule has 5 heteroatoms. The quantitative estimate of drug-likeness (QED) is 0.930. The summed E-state index contributed by atoms with van der Waals surface area (Å²) in [5.74, 6) is 0.144. The molecule has 1 saturated heterocycles. The number of likely N-dealkylation sites (N-methyl/N-ethyl adjacent to an activating group) is 1. The summed E-state index contributed by atoms with van der Waals surface area (Å²) in [5.41, 5.74) is 0.987. The van der Waals surface area contributed by atoms with Crippen molar-refractivity contribution >= 4 is 29.1 Å². The summed E-state index contributed by atoms with van der Waals surface area (Å²) in [4.78, 5) is 14.0. The highest BCUT2D eigenvalue weighted by Gasteiger charge is 2.23. The van der Waals surface area contributed by atoms with Crippen LogP contribution in [0.4, 0.5) is 0 Å². The molecule has 1 amide bonds. The molecule has 3 nitrogen and oxygen atoms in total. The standard InChI is InChI=1S/C14H18Cl2N2O/c1-18(14(19)13-4-2-3-7-17-13)9-10-5-6-11(15)12(16)8-10/h5-6,8,13,17H,2-4,7,9H2,1H3/t13-/m0/s1. The van der Waals surface area contributed by atoms with E-state index in [1.54, 1.807) is 11.0 Å². The molecule has 19 heavy (non-hydrogen) atoms. The Bertz CT molecular complexity index is 459. The molecule has 0 aromatic heterocycles. The maximum absolute atomic E-state index is 12.3. The van der Waals surface area contributed by atoms with Crippen LogP contribution in [0.15, 0.2) is 18.2 Å².